The number of nitrogens with one attached hydrogen (secondary N) is 1. The monoisotopic (exact) mass is 291 g/mol. The summed E-state index contributed by atoms with van der Waals surface area (Å²) in [7, 11) is 0. The van der Waals surface area contributed by atoms with E-state index in [1.165, 1.54) is 6.08 Å². The topological polar surface area (TPSA) is 75.6 Å². The maximum Gasteiger partial charge on any atom is 0.326 e. The number of aliphatic carboxylic acids is 1. The second-order valence-corrected chi connectivity index (χ2v) is 4.52. The number of aryl methyl sites for hydroxylation is 1. The van der Waals surface area contributed by atoms with E-state index in [0.29, 0.717) is 13.0 Å². The smallest absolute Gasteiger partial charge is 0.326 e. The lowest BCUT2D eigenvalue weighted by Crippen LogP contribution is -2.40. The summed E-state index contributed by atoms with van der Waals surface area (Å²) in [6.07, 6.45) is 2.40. The van der Waals surface area contributed by atoms with Crippen molar-refractivity contribution in [2.45, 2.75) is 32.2 Å². The molecule has 0 saturated heterocycles. The molecule has 2 N–H and O–H groups in total. The number of benzene rings is 1. The Bertz CT molecular complexity index is 499. The first-order valence-corrected chi connectivity index (χ1v) is 6.92. The van der Waals surface area contributed by atoms with E-state index in [9.17, 15) is 9.59 Å². The molecule has 1 aromatic carbocycles. The fourth-order valence-corrected chi connectivity index (χ4v) is 1.91. The molecule has 1 aromatic rings. The van der Waals surface area contributed by atoms with Crippen LogP contribution in [-0.2, 0) is 16.0 Å². The van der Waals surface area contributed by atoms with Gasteiger partial charge in [0, 0.05) is 6.42 Å². The number of rotatable bonds is 9. The summed E-state index contributed by atoms with van der Waals surface area (Å²) >= 11 is 0. The van der Waals surface area contributed by atoms with E-state index >= 15 is 0 Å². The van der Waals surface area contributed by atoms with E-state index < -0.39 is 12.0 Å². The first-order valence-electron chi connectivity index (χ1n) is 6.92. The molecule has 114 valence electrons. The van der Waals surface area contributed by atoms with Crippen LogP contribution in [0.25, 0.3) is 0 Å². The van der Waals surface area contributed by atoms with Gasteiger partial charge in [-0.25, -0.2) is 4.79 Å². The predicted molar refractivity (Wildman–Crippen MR) is 80.3 cm³/mol. The van der Waals surface area contributed by atoms with Gasteiger partial charge in [0.05, 0.1) is 6.61 Å². The van der Waals surface area contributed by atoms with Gasteiger partial charge in [-0.2, -0.15) is 0 Å². The van der Waals surface area contributed by atoms with Gasteiger partial charge < -0.3 is 15.2 Å². The molecule has 0 aliphatic carbocycles. The average molecular weight is 291 g/mol. The number of carboxylic acid groups (broad SMARTS) is 1. The summed E-state index contributed by atoms with van der Waals surface area (Å²) in [4.78, 5) is 22.8. The third-order valence-corrected chi connectivity index (χ3v) is 2.93. The summed E-state index contributed by atoms with van der Waals surface area (Å²) in [5.74, 6) is -0.595. The van der Waals surface area contributed by atoms with Crippen molar-refractivity contribution in [3.8, 4) is 5.75 Å². The summed E-state index contributed by atoms with van der Waals surface area (Å²) in [6.45, 7) is 5.94. The lowest BCUT2D eigenvalue weighted by Gasteiger charge is -2.13. The lowest BCUT2D eigenvalue weighted by atomic mass is 10.1. The second-order valence-electron chi connectivity index (χ2n) is 4.52. The van der Waals surface area contributed by atoms with Gasteiger partial charge >= 0.3 is 5.97 Å². The van der Waals surface area contributed by atoms with Gasteiger partial charge in [0.15, 0.2) is 0 Å². The Hall–Kier alpha value is -2.30. The molecule has 0 bridgehead atoms. The Morgan fingerprint density at radius 3 is 2.76 bits per heavy atom. The van der Waals surface area contributed by atoms with Gasteiger partial charge in [-0.05, 0) is 31.4 Å². The molecule has 1 atom stereocenters. The molecule has 1 amide bonds. The average Bonchev–Trinajstić information content (AvgIpc) is 2.46. The molecule has 0 radical (unpaired) electrons. The van der Waals surface area contributed by atoms with Crippen molar-refractivity contribution in [2.24, 2.45) is 0 Å². The van der Waals surface area contributed by atoms with Crippen LogP contribution in [-0.4, -0.2) is 29.6 Å². The Morgan fingerprint density at radius 2 is 2.14 bits per heavy atom. The minimum atomic E-state index is -1.06. The van der Waals surface area contributed by atoms with Crippen molar-refractivity contribution in [3.63, 3.8) is 0 Å². The minimum Gasteiger partial charge on any atom is -0.494 e. The molecule has 0 heterocycles. The van der Waals surface area contributed by atoms with Crippen molar-refractivity contribution in [1.82, 2.24) is 5.32 Å². The molecule has 0 aromatic heterocycles. The number of amides is 1. The third-order valence-electron chi connectivity index (χ3n) is 2.93. The summed E-state index contributed by atoms with van der Waals surface area (Å²) < 4.78 is 5.49. The van der Waals surface area contributed by atoms with Crippen LogP contribution in [0.1, 0.15) is 25.3 Å². The second kappa shape index (κ2) is 8.79. The molecule has 1 unspecified atom stereocenters. The molecule has 1 rings (SSSR count). The SMILES string of the molecule is C=CCC(NC(=O)CCc1ccccc1OCC)C(=O)O. The molecule has 0 saturated carbocycles. The van der Waals surface area contributed by atoms with Gasteiger partial charge in [0.25, 0.3) is 0 Å². The van der Waals surface area contributed by atoms with Crippen LogP contribution in [0.5, 0.6) is 5.75 Å². The summed E-state index contributed by atoms with van der Waals surface area (Å²) in [5, 5.41) is 11.5. The molecule has 5 nitrogen and oxygen atoms in total. The lowest BCUT2D eigenvalue weighted by molar-refractivity contribution is -0.141. The molecule has 21 heavy (non-hydrogen) atoms. The molecule has 5 heteroatoms. The Kier molecular flexibility index (Phi) is 7.01. The van der Waals surface area contributed by atoms with E-state index in [1.54, 1.807) is 0 Å². The fraction of sp³-hybridized carbons (Fsp3) is 0.375. The van der Waals surface area contributed by atoms with E-state index in [4.69, 9.17) is 9.84 Å². The number of para-hydroxylation sites is 1. The molecule has 0 spiro atoms. The van der Waals surface area contributed by atoms with Crippen LogP contribution < -0.4 is 10.1 Å². The van der Waals surface area contributed by atoms with Crippen molar-refractivity contribution in [1.29, 1.82) is 0 Å². The van der Waals surface area contributed by atoms with Gasteiger partial charge in [0.2, 0.25) is 5.91 Å². The van der Waals surface area contributed by atoms with E-state index in [0.717, 1.165) is 11.3 Å². The molecule has 0 fully saturated rings. The van der Waals surface area contributed by atoms with Gasteiger partial charge in [-0.15, -0.1) is 6.58 Å². The van der Waals surface area contributed by atoms with E-state index in [1.807, 2.05) is 31.2 Å². The van der Waals surface area contributed by atoms with Crippen LogP contribution in [0, 0.1) is 0 Å². The Morgan fingerprint density at radius 1 is 1.43 bits per heavy atom. The van der Waals surface area contributed by atoms with Gasteiger partial charge in [0.1, 0.15) is 11.8 Å². The van der Waals surface area contributed by atoms with Crippen molar-refractivity contribution < 1.29 is 19.4 Å². The highest BCUT2D eigenvalue weighted by atomic mass is 16.5. The number of carbonyl (C=O) groups is 2. The highest BCUT2D eigenvalue weighted by Gasteiger charge is 2.18. The van der Waals surface area contributed by atoms with Crippen molar-refractivity contribution in [3.05, 3.63) is 42.5 Å². The summed E-state index contributed by atoms with van der Waals surface area (Å²) in [6, 6.07) is 6.59. The number of carbonyl (C=O) groups excluding carboxylic acids is 1. The van der Waals surface area contributed by atoms with E-state index in [-0.39, 0.29) is 18.7 Å². The zero-order valence-electron chi connectivity index (χ0n) is 12.2. The van der Waals surface area contributed by atoms with Gasteiger partial charge in [-0.3, -0.25) is 4.79 Å². The van der Waals surface area contributed by atoms with Gasteiger partial charge in [-0.1, -0.05) is 24.3 Å². The maximum atomic E-state index is 11.8. The molecule has 0 aliphatic heterocycles. The molecular weight excluding hydrogens is 270 g/mol. The van der Waals surface area contributed by atoms with E-state index in [2.05, 4.69) is 11.9 Å². The number of hydrogen-bond acceptors (Lipinski definition) is 3. The zero-order chi connectivity index (χ0) is 15.7. The number of hydrogen-bond donors (Lipinski definition) is 2. The molecule has 0 aliphatic rings. The predicted octanol–water partition coefficient (Wildman–Crippen LogP) is 2.16. The number of ether oxygens (including phenoxy) is 1. The molecular formula is C16H21NO4. The Labute approximate surface area is 124 Å². The first-order chi connectivity index (χ1) is 10.1. The Balaban J connectivity index is 2.56. The minimum absolute atomic E-state index is 0.205. The normalized spacial score (nSPS) is 11.5. The van der Waals surface area contributed by atoms with Crippen molar-refractivity contribution in [2.75, 3.05) is 6.61 Å². The largest absolute Gasteiger partial charge is 0.494 e. The first kappa shape index (κ1) is 16.8. The third kappa shape index (κ3) is 5.69. The van der Waals surface area contributed by atoms with Crippen LogP contribution in [0.15, 0.2) is 36.9 Å². The zero-order valence-corrected chi connectivity index (χ0v) is 12.2. The van der Waals surface area contributed by atoms with Crippen LogP contribution >= 0.6 is 0 Å². The summed E-state index contributed by atoms with van der Waals surface area (Å²) in [5.41, 5.74) is 0.935. The quantitative estimate of drug-likeness (QED) is 0.684. The standard InChI is InChI=1S/C16H21NO4/c1-3-7-13(16(19)20)17-15(18)11-10-12-8-5-6-9-14(12)21-4-2/h3,5-6,8-9,13H,1,4,7,10-11H2,2H3,(H,17,18)(H,19,20). The fourth-order valence-electron chi connectivity index (χ4n) is 1.91. The van der Waals surface area contributed by atoms with Crippen molar-refractivity contribution >= 4 is 11.9 Å². The highest BCUT2D eigenvalue weighted by Crippen LogP contribution is 2.19. The maximum absolute atomic E-state index is 11.8. The van der Waals surface area contributed by atoms with Crippen LogP contribution in [0.4, 0.5) is 0 Å². The number of carboxylic acids is 1. The van der Waals surface area contributed by atoms with Crippen LogP contribution in [0.3, 0.4) is 0 Å². The highest BCUT2D eigenvalue weighted by molar-refractivity contribution is 5.83. The van der Waals surface area contributed by atoms with Crippen LogP contribution in [0.2, 0.25) is 0 Å².